The van der Waals surface area contributed by atoms with Gasteiger partial charge in [-0.25, -0.2) is 0 Å². The zero-order valence-electron chi connectivity index (χ0n) is 9.34. The highest BCUT2D eigenvalue weighted by molar-refractivity contribution is 5.42. The van der Waals surface area contributed by atoms with E-state index in [0.29, 0.717) is 0 Å². The van der Waals surface area contributed by atoms with Gasteiger partial charge in [0.1, 0.15) is 0 Å². The molecule has 1 aliphatic heterocycles. The monoisotopic (exact) mass is 223 g/mol. The molecule has 17 heavy (non-hydrogen) atoms. The summed E-state index contributed by atoms with van der Waals surface area (Å²) in [5.74, 6) is 0. The van der Waals surface area contributed by atoms with Crippen molar-refractivity contribution in [2.75, 3.05) is 0 Å². The Morgan fingerprint density at radius 1 is 0.765 bits per heavy atom. The summed E-state index contributed by atoms with van der Waals surface area (Å²) in [4.78, 5) is 5.75. The second kappa shape index (κ2) is 4.07. The minimum absolute atomic E-state index is 0.511. The summed E-state index contributed by atoms with van der Waals surface area (Å²) in [6.07, 6.45) is 3.87. The van der Waals surface area contributed by atoms with E-state index in [-0.39, 0.29) is 0 Å². The van der Waals surface area contributed by atoms with Crippen LogP contribution >= 0.6 is 0 Å². The zero-order valence-corrected chi connectivity index (χ0v) is 9.34. The molecule has 0 fully saturated rings. The molecule has 0 spiro atoms. The maximum atomic E-state index is 5.75. The first kappa shape index (κ1) is 10.1. The van der Waals surface area contributed by atoms with E-state index in [1.54, 1.807) is 0 Å². The smallest absolute Gasteiger partial charge is 0.166 e. The Labute approximate surface area is 101 Å². The molecule has 0 bridgehead atoms. The molecular formula is C15H13NO. The summed E-state index contributed by atoms with van der Waals surface area (Å²) >= 11 is 0. The lowest BCUT2D eigenvalue weighted by Crippen LogP contribution is -2.28. The lowest BCUT2D eigenvalue weighted by atomic mass is 9.86. The molecule has 0 aliphatic carbocycles. The van der Waals surface area contributed by atoms with Crippen LogP contribution in [0.4, 0.5) is 0 Å². The summed E-state index contributed by atoms with van der Waals surface area (Å²) in [6, 6.07) is 20.4. The topological polar surface area (TPSA) is 21.3 Å². The Bertz CT molecular complexity index is 480. The highest BCUT2D eigenvalue weighted by Crippen LogP contribution is 2.36. The molecule has 0 radical (unpaired) electrons. The Hall–Kier alpha value is -2.06. The molecule has 2 heteroatoms. The fourth-order valence-electron chi connectivity index (χ4n) is 2.16. The van der Waals surface area contributed by atoms with Crippen LogP contribution in [0.25, 0.3) is 0 Å². The van der Waals surface area contributed by atoms with Gasteiger partial charge in [-0.1, -0.05) is 60.7 Å². The number of hydrogen-bond donors (Lipinski definition) is 1. The van der Waals surface area contributed by atoms with Crippen molar-refractivity contribution in [2.45, 2.75) is 5.60 Å². The first-order valence-corrected chi connectivity index (χ1v) is 5.64. The van der Waals surface area contributed by atoms with Gasteiger partial charge in [-0.15, -0.1) is 0 Å². The first-order chi connectivity index (χ1) is 8.42. The molecule has 0 unspecified atom stereocenters. The molecule has 0 saturated heterocycles. The van der Waals surface area contributed by atoms with Crippen molar-refractivity contribution in [1.29, 1.82) is 0 Å². The number of benzene rings is 2. The highest BCUT2D eigenvalue weighted by atomic mass is 16.7. The first-order valence-electron chi connectivity index (χ1n) is 5.64. The number of hydroxylamine groups is 1. The molecule has 1 N–H and O–H groups in total. The van der Waals surface area contributed by atoms with E-state index >= 15 is 0 Å². The van der Waals surface area contributed by atoms with E-state index in [2.05, 4.69) is 29.7 Å². The minimum Gasteiger partial charge on any atom is -0.273 e. The van der Waals surface area contributed by atoms with Gasteiger partial charge in [-0.3, -0.25) is 10.3 Å². The maximum Gasteiger partial charge on any atom is 0.166 e. The van der Waals surface area contributed by atoms with Crippen LogP contribution < -0.4 is 5.48 Å². The van der Waals surface area contributed by atoms with Crippen molar-refractivity contribution < 1.29 is 4.84 Å². The summed E-state index contributed by atoms with van der Waals surface area (Å²) in [5, 5.41) is 0. The summed E-state index contributed by atoms with van der Waals surface area (Å²) in [6.45, 7) is 0. The van der Waals surface area contributed by atoms with Gasteiger partial charge in [0.15, 0.2) is 5.60 Å². The Morgan fingerprint density at radius 2 is 1.29 bits per heavy atom. The van der Waals surface area contributed by atoms with Crippen molar-refractivity contribution in [3.8, 4) is 0 Å². The molecule has 1 aliphatic rings. The third kappa shape index (κ3) is 1.63. The molecule has 84 valence electrons. The Morgan fingerprint density at radius 3 is 1.71 bits per heavy atom. The molecule has 0 saturated carbocycles. The third-order valence-corrected chi connectivity index (χ3v) is 3.01. The van der Waals surface area contributed by atoms with Crippen molar-refractivity contribution in [1.82, 2.24) is 5.48 Å². The molecule has 2 nitrogen and oxygen atoms in total. The second-order valence-corrected chi connectivity index (χ2v) is 4.02. The van der Waals surface area contributed by atoms with Crippen molar-refractivity contribution in [3.63, 3.8) is 0 Å². The van der Waals surface area contributed by atoms with Crippen LogP contribution in [0.2, 0.25) is 0 Å². The number of rotatable bonds is 2. The lowest BCUT2D eigenvalue weighted by molar-refractivity contribution is -0.0128. The average molecular weight is 223 g/mol. The number of hydrogen-bond acceptors (Lipinski definition) is 2. The van der Waals surface area contributed by atoms with Crippen LogP contribution in [0, 0.1) is 0 Å². The van der Waals surface area contributed by atoms with Crippen LogP contribution in [-0.4, -0.2) is 0 Å². The highest BCUT2D eigenvalue weighted by Gasteiger charge is 2.35. The minimum atomic E-state index is -0.511. The molecule has 3 rings (SSSR count). The van der Waals surface area contributed by atoms with Gasteiger partial charge in [-0.05, 0) is 17.2 Å². The van der Waals surface area contributed by atoms with E-state index < -0.39 is 5.60 Å². The lowest BCUT2D eigenvalue weighted by Gasteiger charge is -2.26. The van der Waals surface area contributed by atoms with Crippen molar-refractivity contribution in [2.24, 2.45) is 0 Å². The van der Waals surface area contributed by atoms with Gasteiger partial charge in [0, 0.05) is 6.20 Å². The van der Waals surface area contributed by atoms with Gasteiger partial charge in [0.05, 0.1) is 0 Å². The van der Waals surface area contributed by atoms with Gasteiger partial charge < -0.3 is 0 Å². The molecular weight excluding hydrogens is 210 g/mol. The van der Waals surface area contributed by atoms with E-state index in [0.717, 1.165) is 11.1 Å². The van der Waals surface area contributed by atoms with E-state index in [9.17, 15) is 0 Å². The normalized spacial score (nSPS) is 16.7. The standard InChI is InChI=1S/C15H13NO/c1-3-7-13(8-4-1)15(11-12-16-17-15)14-9-5-2-6-10-14/h1-12,16H. The van der Waals surface area contributed by atoms with Crippen LogP contribution in [0.5, 0.6) is 0 Å². The van der Waals surface area contributed by atoms with E-state index in [4.69, 9.17) is 4.84 Å². The van der Waals surface area contributed by atoms with Gasteiger partial charge in [-0.2, -0.15) is 0 Å². The average Bonchev–Trinajstić information content (AvgIpc) is 2.91. The third-order valence-electron chi connectivity index (χ3n) is 3.01. The fraction of sp³-hybridized carbons (Fsp3) is 0.0667. The Kier molecular flexibility index (Phi) is 2.42. The van der Waals surface area contributed by atoms with Gasteiger partial charge in [0.2, 0.25) is 0 Å². The van der Waals surface area contributed by atoms with Crippen LogP contribution in [0.15, 0.2) is 72.9 Å². The van der Waals surface area contributed by atoms with Crippen molar-refractivity contribution in [3.05, 3.63) is 84.1 Å². The maximum absolute atomic E-state index is 5.75. The molecule has 1 heterocycles. The van der Waals surface area contributed by atoms with Crippen LogP contribution in [0.3, 0.4) is 0 Å². The molecule has 0 aromatic heterocycles. The second-order valence-electron chi connectivity index (χ2n) is 4.02. The van der Waals surface area contributed by atoms with E-state index in [1.165, 1.54) is 0 Å². The summed E-state index contributed by atoms with van der Waals surface area (Å²) in [5.41, 5.74) is 4.55. The largest absolute Gasteiger partial charge is 0.273 e. The predicted molar refractivity (Wildman–Crippen MR) is 67.0 cm³/mol. The summed E-state index contributed by atoms with van der Waals surface area (Å²) in [7, 11) is 0. The molecule has 0 atom stereocenters. The zero-order chi connectivity index (χ0) is 11.6. The van der Waals surface area contributed by atoms with Crippen molar-refractivity contribution >= 4 is 0 Å². The molecule has 0 amide bonds. The van der Waals surface area contributed by atoms with E-state index in [1.807, 2.05) is 48.7 Å². The SMILES string of the molecule is C1=CC(c2ccccc2)(c2ccccc2)ON1. The Balaban J connectivity index is 2.15. The molecule has 2 aromatic carbocycles. The summed E-state index contributed by atoms with van der Waals surface area (Å²) < 4.78 is 0. The van der Waals surface area contributed by atoms with Crippen LogP contribution in [0.1, 0.15) is 11.1 Å². The molecule has 2 aromatic rings. The number of nitrogens with one attached hydrogen (secondary N) is 1. The predicted octanol–water partition coefficient (Wildman–Crippen LogP) is 2.98. The van der Waals surface area contributed by atoms with Gasteiger partial charge in [0.25, 0.3) is 0 Å². The van der Waals surface area contributed by atoms with Gasteiger partial charge >= 0.3 is 0 Å². The quantitative estimate of drug-likeness (QED) is 0.845. The van der Waals surface area contributed by atoms with Crippen LogP contribution in [-0.2, 0) is 10.4 Å². The fourth-order valence-corrected chi connectivity index (χ4v) is 2.16.